The van der Waals surface area contributed by atoms with Gasteiger partial charge in [-0.25, -0.2) is 8.42 Å². The number of nitrogens with one attached hydrogen (secondary N) is 1. The number of nitrogens with zero attached hydrogens (tertiary/aromatic N) is 2. The molecule has 1 atom stereocenters. The van der Waals surface area contributed by atoms with Crippen molar-refractivity contribution in [2.45, 2.75) is 58.1 Å². The molecule has 3 rings (SSSR count). The molecule has 1 unspecified atom stereocenters. The molecule has 0 heterocycles. The molecule has 3 aromatic carbocycles. The van der Waals surface area contributed by atoms with Crippen LogP contribution in [0.25, 0.3) is 0 Å². The van der Waals surface area contributed by atoms with E-state index in [0.717, 1.165) is 21.0 Å². The van der Waals surface area contributed by atoms with Gasteiger partial charge in [-0.3, -0.25) is 13.9 Å². The lowest BCUT2D eigenvalue weighted by molar-refractivity contribution is -0.139. The summed E-state index contributed by atoms with van der Waals surface area (Å²) in [5.41, 5.74) is 3.22. The second-order valence-corrected chi connectivity index (χ2v) is 11.4. The third-order valence-corrected chi connectivity index (χ3v) is 7.75. The van der Waals surface area contributed by atoms with E-state index in [1.165, 1.54) is 17.0 Å². The van der Waals surface area contributed by atoms with Gasteiger partial charge in [0.15, 0.2) is 0 Å². The highest BCUT2D eigenvalue weighted by atomic mass is 32.2. The van der Waals surface area contributed by atoms with Gasteiger partial charge in [0.05, 0.1) is 10.6 Å². The number of rotatable bonds is 10. The summed E-state index contributed by atoms with van der Waals surface area (Å²) < 4.78 is 28.5. The summed E-state index contributed by atoms with van der Waals surface area (Å²) in [6.07, 6.45) is 0. The van der Waals surface area contributed by atoms with E-state index in [1.54, 1.807) is 49.4 Å². The number of sulfonamides is 1. The summed E-state index contributed by atoms with van der Waals surface area (Å²) in [6.45, 7) is 8.94. The molecule has 0 aliphatic carbocycles. The summed E-state index contributed by atoms with van der Waals surface area (Å²) in [5, 5.41) is 2.86. The lowest BCUT2D eigenvalue weighted by atomic mass is 10.1. The number of amides is 2. The van der Waals surface area contributed by atoms with Gasteiger partial charge in [-0.2, -0.15) is 0 Å². The molecule has 37 heavy (non-hydrogen) atoms. The molecular formula is C29H35N3O4S. The Labute approximate surface area is 220 Å². The molecule has 0 aliphatic heterocycles. The maximum Gasteiger partial charge on any atom is 0.264 e. The number of aryl methyl sites for hydroxylation is 2. The molecule has 0 bridgehead atoms. The second-order valence-electron chi connectivity index (χ2n) is 9.51. The zero-order valence-corrected chi connectivity index (χ0v) is 22.8. The Hall–Kier alpha value is -3.65. The van der Waals surface area contributed by atoms with Crippen molar-refractivity contribution in [3.8, 4) is 0 Å². The molecule has 0 aliphatic rings. The van der Waals surface area contributed by atoms with Crippen LogP contribution in [-0.2, 0) is 26.2 Å². The average molecular weight is 522 g/mol. The van der Waals surface area contributed by atoms with Gasteiger partial charge in [-0.05, 0) is 64.4 Å². The van der Waals surface area contributed by atoms with Gasteiger partial charge < -0.3 is 10.2 Å². The van der Waals surface area contributed by atoms with Crippen LogP contribution in [0, 0.1) is 13.8 Å². The number of anilines is 1. The Morgan fingerprint density at radius 3 is 2.08 bits per heavy atom. The zero-order chi connectivity index (χ0) is 27.2. The largest absolute Gasteiger partial charge is 0.352 e. The minimum absolute atomic E-state index is 0.0826. The first-order chi connectivity index (χ1) is 17.5. The van der Waals surface area contributed by atoms with Crippen molar-refractivity contribution in [1.82, 2.24) is 10.2 Å². The molecule has 1 N–H and O–H groups in total. The van der Waals surface area contributed by atoms with E-state index in [-0.39, 0.29) is 23.4 Å². The van der Waals surface area contributed by atoms with Crippen molar-refractivity contribution in [3.63, 3.8) is 0 Å². The lowest BCUT2D eigenvalue weighted by Gasteiger charge is -2.32. The molecule has 7 nitrogen and oxygen atoms in total. The van der Waals surface area contributed by atoms with Crippen molar-refractivity contribution in [1.29, 1.82) is 0 Å². The first-order valence-electron chi connectivity index (χ1n) is 12.3. The molecule has 3 aromatic rings. The van der Waals surface area contributed by atoms with Crippen molar-refractivity contribution in [2.24, 2.45) is 0 Å². The maximum absolute atomic E-state index is 13.8. The highest BCUT2D eigenvalue weighted by Crippen LogP contribution is 2.25. The smallest absolute Gasteiger partial charge is 0.264 e. The first-order valence-corrected chi connectivity index (χ1v) is 13.7. The summed E-state index contributed by atoms with van der Waals surface area (Å²) in [6, 6.07) is 21.8. The third-order valence-electron chi connectivity index (χ3n) is 5.97. The molecule has 0 radical (unpaired) electrons. The third kappa shape index (κ3) is 7.20. The highest BCUT2D eigenvalue weighted by molar-refractivity contribution is 7.92. The molecule has 0 saturated heterocycles. The molecule has 2 amide bonds. The fourth-order valence-electron chi connectivity index (χ4n) is 3.95. The minimum Gasteiger partial charge on any atom is -0.352 e. The summed E-state index contributed by atoms with van der Waals surface area (Å²) in [7, 11) is -4.05. The number of benzene rings is 3. The van der Waals surface area contributed by atoms with E-state index < -0.39 is 28.5 Å². The van der Waals surface area contributed by atoms with Crippen LogP contribution < -0.4 is 9.62 Å². The minimum atomic E-state index is -4.05. The molecule has 0 aromatic heterocycles. The Morgan fingerprint density at radius 2 is 1.49 bits per heavy atom. The van der Waals surface area contributed by atoms with Gasteiger partial charge in [0, 0.05) is 12.6 Å². The standard InChI is InChI=1S/C29H35N3O4S/c1-21(2)30-29(34)24(5)31(19-25-11-9-10-23(4)18-25)28(33)20-32(26-16-14-22(3)15-17-26)37(35,36)27-12-7-6-8-13-27/h6-18,21,24H,19-20H2,1-5H3,(H,30,34). The van der Waals surface area contributed by atoms with E-state index in [4.69, 9.17) is 0 Å². The predicted octanol–water partition coefficient (Wildman–Crippen LogP) is 4.44. The normalized spacial score (nSPS) is 12.2. The van der Waals surface area contributed by atoms with Crippen LogP contribution in [0.1, 0.15) is 37.5 Å². The summed E-state index contributed by atoms with van der Waals surface area (Å²) >= 11 is 0. The van der Waals surface area contributed by atoms with E-state index in [0.29, 0.717) is 5.69 Å². The van der Waals surface area contributed by atoms with Crippen LogP contribution in [0.3, 0.4) is 0 Å². The fourth-order valence-corrected chi connectivity index (χ4v) is 5.39. The Kier molecular flexibility index (Phi) is 9.10. The predicted molar refractivity (Wildman–Crippen MR) is 147 cm³/mol. The Balaban J connectivity index is 2.01. The number of carbonyl (C=O) groups excluding carboxylic acids is 2. The van der Waals surface area contributed by atoms with Crippen LogP contribution in [-0.4, -0.2) is 43.8 Å². The van der Waals surface area contributed by atoms with Gasteiger partial charge in [-0.15, -0.1) is 0 Å². The van der Waals surface area contributed by atoms with E-state index >= 15 is 0 Å². The number of hydrogen-bond acceptors (Lipinski definition) is 4. The maximum atomic E-state index is 13.8. The first kappa shape index (κ1) is 27.9. The zero-order valence-electron chi connectivity index (χ0n) is 22.0. The second kappa shape index (κ2) is 12.1. The van der Waals surface area contributed by atoms with E-state index in [1.807, 2.05) is 52.0 Å². The number of hydrogen-bond donors (Lipinski definition) is 1. The Bertz CT molecular complexity index is 1320. The number of carbonyl (C=O) groups is 2. The highest BCUT2D eigenvalue weighted by Gasteiger charge is 2.32. The topological polar surface area (TPSA) is 86.8 Å². The van der Waals surface area contributed by atoms with Crippen LogP contribution in [0.2, 0.25) is 0 Å². The van der Waals surface area contributed by atoms with Crippen molar-refractivity contribution < 1.29 is 18.0 Å². The lowest BCUT2D eigenvalue weighted by Crippen LogP contribution is -2.52. The van der Waals surface area contributed by atoms with Crippen LogP contribution in [0.4, 0.5) is 5.69 Å². The average Bonchev–Trinajstić information content (AvgIpc) is 2.86. The fraction of sp³-hybridized carbons (Fsp3) is 0.310. The molecular weight excluding hydrogens is 486 g/mol. The van der Waals surface area contributed by atoms with E-state index in [2.05, 4.69) is 5.32 Å². The van der Waals surface area contributed by atoms with Crippen LogP contribution in [0.5, 0.6) is 0 Å². The molecule has 0 spiro atoms. The van der Waals surface area contributed by atoms with Crippen molar-refractivity contribution in [2.75, 3.05) is 10.8 Å². The van der Waals surface area contributed by atoms with E-state index in [9.17, 15) is 18.0 Å². The summed E-state index contributed by atoms with van der Waals surface area (Å²) in [5.74, 6) is -0.781. The SMILES string of the molecule is Cc1ccc(N(CC(=O)N(Cc2cccc(C)c2)C(C)C(=O)NC(C)C)S(=O)(=O)c2ccccc2)cc1. The molecule has 8 heteroatoms. The van der Waals surface area contributed by atoms with Crippen LogP contribution >= 0.6 is 0 Å². The van der Waals surface area contributed by atoms with Gasteiger partial charge >= 0.3 is 0 Å². The summed E-state index contributed by atoms with van der Waals surface area (Å²) in [4.78, 5) is 28.3. The Morgan fingerprint density at radius 1 is 0.838 bits per heavy atom. The van der Waals surface area contributed by atoms with Crippen LogP contribution in [0.15, 0.2) is 83.8 Å². The van der Waals surface area contributed by atoms with Gasteiger partial charge in [0.1, 0.15) is 12.6 Å². The molecule has 196 valence electrons. The quantitative estimate of drug-likeness (QED) is 0.427. The van der Waals surface area contributed by atoms with Gasteiger partial charge in [0.25, 0.3) is 10.0 Å². The molecule has 0 saturated carbocycles. The van der Waals surface area contributed by atoms with Crippen molar-refractivity contribution in [3.05, 3.63) is 95.6 Å². The van der Waals surface area contributed by atoms with Crippen molar-refractivity contribution >= 4 is 27.5 Å². The van der Waals surface area contributed by atoms with Gasteiger partial charge in [-0.1, -0.05) is 65.7 Å². The monoisotopic (exact) mass is 521 g/mol. The van der Waals surface area contributed by atoms with Gasteiger partial charge in [0.2, 0.25) is 11.8 Å². The molecule has 0 fully saturated rings.